The molecule has 0 aromatic carbocycles. The van der Waals surface area contributed by atoms with E-state index in [1.165, 1.54) is 0 Å². The Labute approximate surface area is 168 Å². The number of aliphatic carboxylic acids is 1. The predicted molar refractivity (Wildman–Crippen MR) is 101 cm³/mol. The number of carboxylic acids is 1. The smallest absolute Gasteiger partial charge is 0.333 e. The molecule has 1 radical (unpaired) electrons. The fraction of sp³-hybridized carbons (Fsp3) is 0.500. The third-order valence-electron chi connectivity index (χ3n) is 5.97. The van der Waals surface area contributed by atoms with Gasteiger partial charge in [0.1, 0.15) is 0 Å². The SMILES string of the molecule is O=C(O)C12CCC(=N1)C=C1CCC(=N1)C=C1CCC(=N1)C=C1CCC2N1.[Co]. The van der Waals surface area contributed by atoms with Crippen molar-refractivity contribution in [3.63, 3.8) is 0 Å². The van der Waals surface area contributed by atoms with Gasteiger partial charge in [-0.05, 0) is 69.6 Å². The van der Waals surface area contributed by atoms with Crippen molar-refractivity contribution < 1.29 is 26.7 Å². The van der Waals surface area contributed by atoms with Gasteiger partial charge < -0.3 is 10.4 Å². The predicted octanol–water partition coefficient (Wildman–Crippen LogP) is 2.93. The van der Waals surface area contributed by atoms with E-state index in [9.17, 15) is 9.90 Å². The third-order valence-corrected chi connectivity index (χ3v) is 5.97. The van der Waals surface area contributed by atoms with Crippen LogP contribution in [0.2, 0.25) is 0 Å². The van der Waals surface area contributed by atoms with Crippen molar-refractivity contribution in [3.8, 4) is 0 Å². The molecule has 5 heterocycles. The summed E-state index contributed by atoms with van der Waals surface area (Å²) in [7, 11) is 0. The number of carboxylic acid groups (broad SMARTS) is 1. The molecule has 2 N–H and O–H groups in total. The van der Waals surface area contributed by atoms with Crippen molar-refractivity contribution in [2.75, 3.05) is 0 Å². The number of nitrogens with zero attached hydrogens (tertiary/aromatic N) is 3. The van der Waals surface area contributed by atoms with Crippen LogP contribution in [0, 0.1) is 0 Å². The summed E-state index contributed by atoms with van der Waals surface area (Å²) in [6, 6.07) is -0.160. The van der Waals surface area contributed by atoms with Crippen LogP contribution in [0.25, 0.3) is 0 Å². The Bertz CT molecular complexity index is 880. The quantitative estimate of drug-likeness (QED) is 0.698. The van der Waals surface area contributed by atoms with E-state index in [0.29, 0.717) is 12.8 Å². The van der Waals surface area contributed by atoms with E-state index in [0.717, 1.165) is 72.8 Å². The molecule has 0 spiro atoms. The van der Waals surface area contributed by atoms with Gasteiger partial charge in [0.05, 0.1) is 6.04 Å². The van der Waals surface area contributed by atoms with Crippen LogP contribution in [0.5, 0.6) is 0 Å². The van der Waals surface area contributed by atoms with Gasteiger partial charge in [-0.1, -0.05) is 0 Å². The molecule has 5 rings (SSSR count). The average Bonchev–Trinajstić information content (AvgIpc) is 3.36. The standard InChI is InChI=1S/C20H22N4O2.Co/c25-19(26)20-8-7-17(24-20)11-15-4-3-13(22-15)9-12-1-2-14(21-12)10-16-5-6-18(20)23-16;/h9-11,18,23H,1-8H2,(H,25,26);. The number of rotatable bonds is 1. The Kier molecular flexibility index (Phi) is 4.68. The summed E-state index contributed by atoms with van der Waals surface area (Å²) in [4.78, 5) is 26.3. The Morgan fingerprint density at radius 2 is 1.63 bits per heavy atom. The minimum Gasteiger partial charge on any atom is -0.479 e. The Morgan fingerprint density at radius 3 is 2.33 bits per heavy atom. The summed E-state index contributed by atoms with van der Waals surface area (Å²) in [5, 5.41) is 13.4. The molecule has 0 aromatic heterocycles. The van der Waals surface area contributed by atoms with Gasteiger partial charge in [0.2, 0.25) is 0 Å². The first kappa shape index (κ1) is 18.4. The monoisotopic (exact) mass is 409 g/mol. The zero-order valence-corrected chi connectivity index (χ0v) is 16.0. The summed E-state index contributed by atoms with van der Waals surface area (Å²) < 4.78 is 0. The van der Waals surface area contributed by atoms with Crippen LogP contribution < -0.4 is 5.32 Å². The topological polar surface area (TPSA) is 86.4 Å². The number of nitrogens with one attached hydrogen (secondary N) is 1. The van der Waals surface area contributed by atoms with E-state index < -0.39 is 11.5 Å². The molecule has 0 aliphatic carbocycles. The van der Waals surface area contributed by atoms with Crippen LogP contribution in [0.3, 0.4) is 0 Å². The van der Waals surface area contributed by atoms with Crippen molar-refractivity contribution in [1.29, 1.82) is 0 Å². The van der Waals surface area contributed by atoms with Gasteiger partial charge in [-0.2, -0.15) is 0 Å². The number of allylic oxidation sites excluding steroid dienone is 6. The summed E-state index contributed by atoms with van der Waals surface area (Å²) >= 11 is 0. The molecular formula is C20H22CoN4O2. The van der Waals surface area contributed by atoms with E-state index >= 15 is 0 Å². The molecule has 0 aromatic rings. The normalized spacial score (nSPS) is 31.2. The zero-order chi connectivity index (χ0) is 17.7. The van der Waals surface area contributed by atoms with Crippen molar-refractivity contribution >= 4 is 23.1 Å². The van der Waals surface area contributed by atoms with E-state index in [2.05, 4.69) is 17.5 Å². The van der Waals surface area contributed by atoms with Crippen molar-refractivity contribution in [2.24, 2.45) is 15.0 Å². The van der Waals surface area contributed by atoms with Gasteiger partial charge in [-0.3, -0.25) is 15.0 Å². The minimum atomic E-state index is -1.06. The van der Waals surface area contributed by atoms with Crippen molar-refractivity contribution in [1.82, 2.24) is 5.32 Å². The second-order valence-corrected chi connectivity index (χ2v) is 7.72. The third kappa shape index (κ3) is 3.23. The first-order valence-electron chi connectivity index (χ1n) is 9.46. The second-order valence-electron chi connectivity index (χ2n) is 7.72. The van der Waals surface area contributed by atoms with E-state index in [4.69, 9.17) is 15.0 Å². The first-order chi connectivity index (χ1) is 12.6. The van der Waals surface area contributed by atoms with Crippen LogP contribution in [-0.2, 0) is 21.6 Å². The van der Waals surface area contributed by atoms with Gasteiger partial charge in [-0.15, -0.1) is 0 Å². The Hall–Kier alpha value is -1.99. The average molecular weight is 409 g/mol. The fourth-order valence-electron chi connectivity index (χ4n) is 4.60. The molecule has 27 heavy (non-hydrogen) atoms. The summed E-state index contributed by atoms with van der Waals surface area (Å²) in [5.74, 6) is -0.827. The molecule has 2 atom stereocenters. The molecule has 5 aliphatic heterocycles. The molecule has 1 saturated heterocycles. The number of hydrogen-bond acceptors (Lipinski definition) is 5. The first-order valence-corrected chi connectivity index (χ1v) is 9.46. The largest absolute Gasteiger partial charge is 0.479 e. The Morgan fingerprint density at radius 1 is 0.963 bits per heavy atom. The second kappa shape index (κ2) is 6.87. The molecule has 2 unspecified atom stereocenters. The van der Waals surface area contributed by atoms with Crippen LogP contribution in [0.1, 0.15) is 51.4 Å². The van der Waals surface area contributed by atoms with Gasteiger partial charge >= 0.3 is 5.97 Å². The summed E-state index contributed by atoms with van der Waals surface area (Å²) in [5.41, 5.74) is 5.15. The van der Waals surface area contributed by atoms with E-state index in [1.54, 1.807) is 0 Å². The van der Waals surface area contributed by atoms with Crippen LogP contribution in [0.4, 0.5) is 0 Å². The van der Waals surface area contributed by atoms with Crippen LogP contribution in [0.15, 0.2) is 50.3 Å². The zero-order valence-electron chi connectivity index (χ0n) is 15.0. The molecule has 0 amide bonds. The molecular weight excluding hydrogens is 387 g/mol. The number of fused-ring (bicyclic) bond motifs is 6. The fourth-order valence-corrected chi connectivity index (χ4v) is 4.60. The van der Waals surface area contributed by atoms with E-state index in [-0.39, 0.29) is 22.8 Å². The maximum atomic E-state index is 12.2. The molecule has 8 bridgehead atoms. The van der Waals surface area contributed by atoms with Crippen molar-refractivity contribution in [3.05, 3.63) is 35.3 Å². The Balaban J connectivity index is 0.00000180. The molecule has 0 saturated carbocycles. The van der Waals surface area contributed by atoms with E-state index in [1.807, 2.05) is 6.08 Å². The van der Waals surface area contributed by atoms with Crippen molar-refractivity contribution in [2.45, 2.75) is 62.9 Å². The summed E-state index contributed by atoms with van der Waals surface area (Å²) in [6.45, 7) is 0. The molecule has 1 fully saturated rings. The summed E-state index contributed by atoms with van der Waals surface area (Å²) in [6.07, 6.45) is 12.8. The van der Waals surface area contributed by atoms with Gasteiger partial charge in [0.15, 0.2) is 5.54 Å². The molecule has 7 heteroatoms. The minimum absolute atomic E-state index is 0. The number of hydrogen-bond donors (Lipinski definition) is 2. The molecule has 143 valence electrons. The molecule has 6 nitrogen and oxygen atoms in total. The number of aliphatic imine (C=N–C) groups is 3. The van der Waals surface area contributed by atoms with Crippen LogP contribution >= 0.6 is 0 Å². The maximum absolute atomic E-state index is 12.2. The van der Waals surface area contributed by atoms with Gasteiger partial charge in [0, 0.05) is 51.0 Å². The van der Waals surface area contributed by atoms with Crippen LogP contribution in [-0.4, -0.2) is 39.8 Å². The van der Waals surface area contributed by atoms with Gasteiger partial charge in [-0.25, -0.2) is 4.79 Å². The number of carbonyl (C=O) groups is 1. The molecule has 5 aliphatic rings. The van der Waals surface area contributed by atoms with Gasteiger partial charge in [0.25, 0.3) is 0 Å². The maximum Gasteiger partial charge on any atom is 0.333 e.